The van der Waals surface area contributed by atoms with Gasteiger partial charge in [0, 0.05) is 42.1 Å². The number of carbonyl (C=O) groups is 1. The molecule has 0 bridgehead atoms. The molecule has 0 aliphatic heterocycles. The third-order valence-corrected chi connectivity index (χ3v) is 5.45. The third kappa shape index (κ3) is 6.66. The van der Waals surface area contributed by atoms with Crippen LogP contribution in [0.25, 0.3) is 22.5 Å². The van der Waals surface area contributed by atoms with Crippen LogP contribution in [0.4, 0.5) is 20.8 Å². The van der Waals surface area contributed by atoms with Crippen molar-refractivity contribution >= 4 is 27.8 Å². The fourth-order valence-corrected chi connectivity index (χ4v) is 3.74. The Morgan fingerprint density at radius 1 is 1.20 bits per heavy atom. The zero-order chi connectivity index (χ0) is 25.8. The van der Waals surface area contributed by atoms with Gasteiger partial charge in [0.05, 0.1) is 24.7 Å². The molecular formula is C22H28FN7O4S. The number of nitrogens with zero attached hydrogens (tertiary/aromatic N) is 4. The highest BCUT2D eigenvalue weighted by atomic mass is 32.2. The molecule has 188 valence electrons. The second kappa shape index (κ2) is 10.7. The van der Waals surface area contributed by atoms with Gasteiger partial charge in [0.2, 0.25) is 16.0 Å². The van der Waals surface area contributed by atoms with E-state index < -0.39 is 21.9 Å². The second-order valence-corrected chi connectivity index (χ2v) is 9.94. The number of rotatable bonds is 9. The van der Waals surface area contributed by atoms with Gasteiger partial charge in [0.15, 0.2) is 5.82 Å². The summed E-state index contributed by atoms with van der Waals surface area (Å²) in [4.78, 5) is 20.1. The van der Waals surface area contributed by atoms with E-state index in [9.17, 15) is 13.2 Å². The maximum atomic E-state index is 15.4. The lowest BCUT2D eigenvalue weighted by molar-refractivity contribution is 0.168. The lowest BCUT2D eigenvalue weighted by Crippen LogP contribution is -2.37. The van der Waals surface area contributed by atoms with Crippen LogP contribution in [0.1, 0.15) is 26.8 Å². The van der Waals surface area contributed by atoms with Gasteiger partial charge in [0.25, 0.3) is 0 Å². The number of methoxy groups -OCH3 is 1. The van der Waals surface area contributed by atoms with Gasteiger partial charge in [-0.2, -0.15) is 5.10 Å². The molecule has 3 aromatic rings. The topological polar surface area (TPSA) is 140 Å². The SMILES string of the molecule is COC(=O)NC(C)CNc1nccc(-c2cn(C(C)C)nc2-c2cccc(NS(C)(=O)=O)c2F)n1. The number of hydrogen-bond acceptors (Lipinski definition) is 8. The molecule has 0 saturated carbocycles. The number of benzene rings is 1. The number of halogens is 1. The van der Waals surface area contributed by atoms with Gasteiger partial charge in [-0.25, -0.2) is 27.6 Å². The Balaban J connectivity index is 1.98. The fourth-order valence-electron chi connectivity index (χ4n) is 3.19. The highest BCUT2D eigenvalue weighted by Crippen LogP contribution is 2.35. The van der Waals surface area contributed by atoms with Gasteiger partial charge in [0.1, 0.15) is 5.69 Å². The molecular weight excluding hydrogens is 477 g/mol. The maximum absolute atomic E-state index is 15.4. The Morgan fingerprint density at radius 2 is 1.94 bits per heavy atom. The largest absolute Gasteiger partial charge is 0.453 e. The first-order valence-electron chi connectivity index (χ1n) is 10.8. The number of amides is 1. The number of anilines is 2. The number of ether oxygens (including phenoxy) is 1. The van der Waals surface area contributed by atoms with Crippen LogP contribution in [-0.2, 0) is 14.8 Å². The van der Waals surface area contributed by atoms with Crippen LogP contribution in [-0.4, -0.2) is 60.2 Å². The van der Waals surface area contributed by atoms with E-state index in [1.165, 1.54) is 19.2 Å². The highest BCUT2D eigenvalue weighted by Gasteiger charge is 2.21. The van der Waals surface area contributed by atoms with Crippen molar-refractivity contribution in [3.63, 3.8) is 0 Å². The summed E-state index contributed by atoms with van der Waals surface area (Å²) >= 11 is 0. The molecule has 2 aromatic heterocycles. The zero-order valence-corrected chi connectivity index (χ0v) is 20.9. The number of alkyl carbamates (subject to hydrolysis) is 1. The quantitative estimate of drug-likeness (QED) is 0.403. The van der Waals surface area contributed by atoms with E-state index in [-0.39, 0.29) is 23.3 Å². The van der Waals surface area contributed by atoms with E-state index in [1.807, 2.05) is 13.8 Å². The van der Waals surface area contributed by atoms with Gasteiger partial charge in [-0.05, 0) is 39.0 Å². The van der Waals surface area contributed by atoms with Crippen molar-refractivity contribution in [3.8, 4) is 22.5 Å². The van der Waals surface area contributed by atoms with Gasteiger partial charge in [-0.1, -0.05) is 6.07 Å². The summed E-state index contributed by atoms with van der Waals surface area (Å²) in [7, 11) is -2.39. The predicted octanol–water partition coefficient (Wildman–Crippen LogP) is 3.26. The minimum absolute atomic E-state index is 0.0208. The molecule has 0 fully saturated rings. The lowest BCUT2D eigenvalue weighted by atomic mass is 10.0. The van der Waals surface area contributed by atoms with Crippen molar-refractivity contribution in [2.75, 3.05) is 29.9 Å². The van der Waals surface area contributed by atoms with Crippen LogP contribution >= 0.6 is 0 Å². The number of sulfonamides is 1. The Kier molecular flexibility index (Phi) is 7.89. The van der Waals surface area contributed by atoms with Crippen LogP contribution in [0.3, 0.4) is 0 Å². The summed E-state index contributed by atoms with van der Waals surface area (Å²) in [5, 5.41) is 10.2. The lowest BCUT2D eigenvalue weighted by Gasteiger charge is -2.14. The first-order chi connectivity index (χ1) is 16.5. The zero-order valence-electron chi connectivity index (χ0n) is 20.0. The molecule has 1 unspecified atom stereocenters. The monoisotopic (exact) mass is 505 g/mol. The molecule has 3 N–H and O–H groups in total. The fraction of sp³-hybridized carbons (Fsp3) is 0.364. The van der Waals surface area contributed by atoms with E-state index in [4.69, 9.17) is 0 Å². The molecule has 11 nitrogen and oxygen atoms in total. The predicted molar refractivity (Wildman–Crippen MR) is 131 cm³/mol. The molecule has 0 aliphatic carbocycles. The van der Waals surface area contributed by atoms with Crippen molar-refractivity contribution in [3.05, 3.63) is 42.5 Å². The number of aromatic nitrogens is 4. The van der Waals surface area contributed by atoms with Gasteiger partial charge in [-0.15, -0.1) is 0 Å². The number of carbonyl (C=O) groups excluding carboxylic acids is 1. The minimum atomic E-state index is -3.68. The second-order valence-electron chi connectivity index (χ2n) is 8.19. The Bertz CT molecular complexity index is 1310. The number of hydrogen-bond donors (Lipinski definition) is 3. The van der Waals surface area contributed by atoms with Crippen LogP contribution in [0.15, 0.2) is 36.7 Å². The maximum Gasteiger partial charge on any atom is 0.407 e. The van der Waals surface area contributed by atoms with Crippen molar-refractivity contribution in [2.45, 2.75) is 32.9 Å². The molecule has 2 heterocycles. The Labute approximate surface area is 203 Å². The summed E-state index contributed by atoms with van der Waals surface area (Å²) in [6, 6.07) is 5.81. The Hall–Kier alpha value is -3.74. The molecule has 0 radical (unpaired) electrons. The van der Waals surface area contributed by atoms with Gasteiger partial charge in [-0.3, -0.25) is 9.40 Å². The molecule has 0 saturated heterocycles. The standard InChI is InChI=1S/C22H28FN7O4S/c1-13(2)30-12-16(17-9-10-24-21(27-17)25-11-14(3)26-22(31)34-4)20(28-30)15-7-6-8-18(19(15)23)29-35(5,32)33/h6-10,12-14,29H,11H2,1-5H3,(H,26,31)(H,24,25,27). The summed E-state index contributed by atoms with van der Waals surface area (Å²) in [6.07, 6.45) is 3.71. The molecule has 3 rings (SSSR count). The van der Waals surface area contributed by atoms with E-state index in [0.29, 0.717) is 29.4 Å². The summed E-state index contributed by atoms with van der Waals surface area (Å²) in [6.45, 7) is 5.99. The van der Waals surface area contributed by atoms with E-state index in [1.54, 1.807) is 36.1 Å². The van der Waals surface area contributed by atoms with Crippen LogP contribution in [0, 0.1) is 5.82 Å². The average Bonchev–Trinajstić information content (AvgIpc) is 3.24. The van der Waals surface area contributed by atoms with Crippen molar-refractivity contribution < 1.29 is 22.3 Å². The summed E-state index contributed by atoms with van der Waals surface area (Å²) < 4.78 is 47.1. The first kappa shape index (κ1) is 25.9. The highest BCUT2D eigenvalue weighted by molar-refractivity contribution is 7.92. The van der Waals surface area contributed by atoms with Crippen LogP contribution in [0.5, 0.6) is 0 Å². The van der Waals surface area contributed by atoms with Crippen LogP contribution in [0.2, 0.25) is 0 Å². The van der Waals surface area contributed by atoms with Crippen molar-refractivity contribution in [2.24, 2.45) is 0 Å². The van der Waals surface area contributed by atoms with Crippen LogP contribution < -0.4 is 15.4 Å². The minimum Gasteiger partial charge on any atom is -0.453 e. The molecule has 1 amide bonds. The van der Waals surface area contributed by atoms with Crippen molar-refractivity contribution in [1.29, 1.82) is 0 Å². The van der Waals surface area contributed by atoms with Gasteiger partial charge >= 0.3 is 6.09 Å². The Morgan fingerprint density at radius 3 is 2.60 bits per heavy atom. The molecule has 1 atom stereocenters. The molecule has 0 spiro atoms. The normalized spacial score (nSPS) is 12.3. The summed E-state index contributed by atoms with van der Waals surface area (Å²) in [5.74, 6) is -0.444. The van der Waals surface area contributed by atoms with Crippen molar-refractivity contribution in [1.82, 2.24) is 25.1 Å². The molecule has 0 aliphatic rings. The smallest absolute Gasteiger partial charge is 0.407 e. The molecule has 1 aromatic carbocycles. The van der Waals surface area contributed by atoms with E-state index in [2.05, 4.69) is 35.2 Å². The summed E-state index contributed by atoms with van der Waals surface area (Å²) in [5.41, 5.74) is 1.28. The number of nitrogens with one attached hydrogen (secondary N) is 3. The van der Waals surface area contributed by atoms with Gasteiger partial charge < -0.3 is 15.4 Å². The van der Waals surface area contributed by atoms with E-state index >= 15 is 4.39 Å². The molecule has 13 heteroatoms. The molecule has 35 heavy (non-hydrogen) atoms. The van der Waals surface area contributed by atoms with E-state index in [0.717, 1.165) is 6.26 Å². The average molecular weight is 506 g/mol. The first-order valence-corrected chi connectivity index (χ1v) is 12.6. The third-order valence-electron chi connectivity index (χ3n) is 4.86.